The number of carbonyl (C=O) groups excluding carboxylic acids is 2. The van der Waals surface area contributed by atoms with Crippen LogP contribution in [-0.2, 0) is 14.3 Å². The summed E-state index contributed by atoms with van der Waals surface area (Å²) in [4.78, 5) is 22.3. The minimum absolute atomic E-state index is 0.250. The van der Waals surface area contributed by atoms with Crippen LogP contribution in [0, 0.1) is 0 Å². The molecular formula is C9H16BrNO4. The number of aliphatic hydroxyl groups is 1. The Morgan fingerprint density at radius 2 is 2.13 bits per heavy atom. The summed E-state index contributed by atoms with van der Waals surface area (Å²) in [6.45, 7) is -0.448. The van der Waals surface area contributed by atoms with Crippen molar-refractivity contribution in [3.63, 3.8) is 0 Å². The molecule has 0 rings (SSSR count). The molecule has 6 heteroatoms. The van der Waals surface area contributed by atoms with E-state index in [1.54, 1.807) is 0 Å². The number of hydrogen-bond donors (Lipinski definition) is 2. The highest BCUT2D eigenvalue weighted by Gasteiger charge is 2.19. The Morgan fingerprint density at radius 1 is 1.47 bits per heavy atom. The minimum atomic E-state index is -0.952. The van der Waals surface area contributed by atoms with Crippen molar-refractivity contribution >= 4 is 27.8 Å². The Labute approximate surface area is 97.3 Å². The highest BCUT2D eigenvalue weighted by atomic mass is 79.9. The van der Waals surface area contributed by atoms with Gasteiger partial charge in [0.1, 0.15) is 0 Å². The van der Waals surface area contributed by atoms with E-state index >= 15 is 0 Å². The number of alkyl halides is 1. The standard InChI is InChI=1S/C9H16BrNO4/c1-15-9(14)7(6-12)11-8(13)4-2-3-5-10/h7,12H,2-6H2,1H3,(H,11,13). The van der Waals surface area contributed by atoms with Crippen LogP contribution in [0.4, 0.5) is 0 Å². The first-order valence-corrected chi connectivity index (χ1v) is 5.81. The summed E-state index contributed by atoms with van der Waals surface area (Å²) >= 11 is 3.25. The molecule has 0 bridgehead atoms. The zero-order valence-electron chi connectivity index (χ0n) is 8.66. The van der Waals surface area contributed by atoms with Crippen molar-refractivity contribution < 1.29 is 19.4 Å². The summed E-state index contributed by atoms with van der Waals surface area (Å²) in [7, 11) is 1.21. The molecule has 1 amide bonds. The SMILES string of the molecule is COC(=O)C(CO)NC(=O)CCCCBr. The number of ether oxygens (including phenoxy) is 1. The molecule has 1 atom stereocenters. The van der Waals surface area contributed by atoms with Gasteiger partial charge in [-0.2, -0.15) is 0 Å². The Balaban J connectivity index is 3.85. The summed E-state index contributed by atoms with van der Waals surface area (Å²) in [5.74, 6) is -0.883. The van der Waals surface area contributed by atoms with Crippen molar-refractivity contribution in [3.8, 4) is 0 Å². The molecule has 0 aromatic rings. The second-order valence-electron chi connectivity index (χ2n) is 2.97. The average molecular weight is 282 g/mol. The molecule has 0 spiro atoms. The molecule has 2 N–H and O–H groups in total. The number of nitrogens with one attached hydrogen (secondary N) is 1. The van der Waals surface area contributed by atoms with Crippen molar-refractivity contribution in [1.82, 2.24) is 5.32 Å². The minimum Gasteiger partial charge on any atom is -0.467 e. The second kappa shape index (κ2) is 8.67. The van der Waals surface area contributed by atoms with Crippen LogP contribution in [0.25, 0.3) is 0 Å². The first kappa shape index (κ1) is 14.4. The van der Waals surface area contributed by atoms with E-state index in [4.69, 9.17) is 5.11 Å². The van der Waals surface area contributed by atoms with Crippen LogP contribution in [0.5, 0.6) is 0 Å². The van der Waals surface area contributed by atoms with Gasteiger partial charge < -0.3 is 15.2 Å². The maximum atomic E-state index is 11.3. The third-order valence-corrected chi connectivity index (χ3v) is 2.35. The largest absolute Gasteiger partial charge is 0.467 e. The van der Waals surface area contributed by atoms with Gasteiger partial charge in [0, 0.05) is 11.8 Å². The van der Waals surface area contributed by atoms with Crippen LogP contribution in [0.15, 0.2) is 0 Å². The van der Waals surface area contributed by atoms with Crippen LogP contribution in [-0.4, -0.2) is 42.1 Å². The molecule has 0 aliphatic carbocycles. The van der Waals surface area contributed by atoms with Crippen molar-refractivity contribution in [3.05, 3.63) is 0 Å². The van der Waals surface area contributed by atoms with E-state index < -0.39 is 18.6 Å². The van der Waals surface area contributed by atoms with Gasteiger partial charge in [-0.3, -0.25) is 4.79 Å². The van der Waals surface area contributed by atoms with Gasteiger partial charge in [-0.25, -0.2) is 4.79 Å². The lowest BCUT2D eigenvalue weighted by atomic mass is 10.2. The second-order valence-corrected chi connectivity index (χ2v) is 3.76. The Morgan fingerprint density at radius 3 is 2.60 bits per heavy atom. The molecule has 5 nitrogen and oxygen atoms in total. The Hall–Kier alpha value is -0.620. The summed E-state index contributed by atoms with van der Waals surface area (Å²) in [6.07, 6.45) is 1.99. The predicted octanol–water partition coefficient (Wildman–Crippen LogP) is 0.202. The average Bonchev–Trinajstić information content (AvgIpc) is 2.25. The number of carbonyl (C=O) groups is 2. The predicted molar refractivity (Wildman–Crippen MR) is 58.7 cm³/mol. The Kier molecular flexibility index (Phi) is 8.31. The van der Waals surface area contributed by atoms with Gasteiger partial charge >= 0.3 is 5.97 Å². The fraction of sp³-hybridized carbons (Fsp3) is 0.778. The molecule has 0 saturated carbocycles. The summed E-state index contributed by atoms with van der Waals surface area (Å²) in [5.41, 5.74) is 0. The van der Waals surface area contributed by atoms with Gasteiger partial charge in [0.15, 0.2) is 6.04 Å². The molecule has 0 saturated heterocycles. The number of unbranched alkanes of at least 4 members (excludes halogenated alkanes) is 1. The van der Waals surface area contributed by atoms with Crippen molar-refractivity contribution in [2.75, 3.05) is 19.0 Å². The number of hydrogen-bond acceptors (Lipinski definition) is 4. The van der Waals surface area contributed by atoms with Gasteiger partial charge in [-0.15, -0.1) is 0 Å². The van der Waals surface area contributed by atoms with Gasteiger partial charge in [0.25, 0.3) is 0 Å². The van der Waals surface area contributed by atoms with Crippen molar-refractivity contribution in [1.29, 1.82) is 0 Å². The van der Waals surface area contributed by atoms with E-state index in [1.165, 1.54) is 7.11 Å². The number of methoxy groups -OCH3 is 1. The number of aliphatic hydroxyl groups excluding tert-OH is 1. The van der Waals surface area contributed by atoms with E-state index in [1.807, 2.05) is 0 Å². The molecular weight excluding hydrogens is 266 g/mol. The number of esters is 1. The Bertz CT molecular complexity index is 210. The first-order chi connectivity index (χ1) is 7.15. The van der Waals surface area contributed by atoms with Gasteiger partial charge in [-0.05, 0) is 12.8 Å². The molecule has 0 aromatic carbocycles. The molecule has 88 valence electrons. The molecule has 0 heterocycles. The summed E-state index contributed by atoms with van der Waals surface area (Å²) < 4.78 is 4.41. The molecule has 0 aromatic heterocycles. The topological polar surface area (TPSA) is 75.6 Å². The zero-order valence-corrected chi connectivity index (χ0v) is 10.2. The smallest absolute Gasteiger partial charge is 0.330 e. The van der Waals surface area contributed by atoms with Gasteiger partial charge in [-0.1, -0.05) is 15.9 Å². The molecule has 15 heavy (non-hydrogen) atoms. The van der Waals surface area contributed by atoms with Crippen molar-refractivity contribution in [2.45, 2.75) is 25.3 Å². The highest BCUT2D eigenvalue weighted by molar-refractivity contribution is 9.09. The maximum absolute atomic E-state index is 11.3. The molecule has 0 aliphatic heterocycles. The third kappa shape index (κ3) is 6.46. The summed E-state index contributed by atoms with van der Waals surface area (Å²) in [6, 6.07) is -0.952. The van der Waals surface area contributed by atoms with Crippen LogP contribution in [0.1, 0.15) is 19.3 Å². The van der Waals surface area contributed by atoms with Crippen LogP contribution in [0.3, 0.4) is 0 Å². The molecule has 0 aliphatic rings. The third-order valence-electron chi connectivity index (χ3n) is 1.79. The van der Waals surface area contributed by atoms with Crippen molar-refractivity contribution in [2.24, 2.45) is 0 Å². The maximum Gasteiger partial charge on any atom is 0.330 e. The van der Waals surface area contributed by atoms with Gasteiger partial charge in [0.2, 0.25) is 5.91 Å². The highest BCUT2D eigenvalue weighted by Crippen LogP contribution is 1.99. The quantitative estimate of drug-likeness (QED) is 0.397. The van der Waals surface area contributed by atoms with E-state index in [0.717, 1.165) is 18.2 Å². The van der Waals surface area contributed by atoms with Crippen LogP contribution in [0.2, 0.25) is 0 Å². The van der Waals surface area contributed by atoms with E-state index in [0.29, 0.717) is 6.42 Å². The lowest BCUT2D eigenvalue weighted by Crippen LogP contribution is -2.43. The van der Waals surface area contributed by atoms with Crippen LogP contribution < -0.4 is 5.32 Å². The molecule has 0 fully saturated rings. The fourth-order valence-corrected chi connectivity index (χ4v) is 1.36. The number of rotatable bonds is 7. The normalized spacial score (nSPS) is 11.9. The van der Waals surface area contributed by atoms with Crippen LogP contribution >= 0.6 is 15.9 Å². The summed E-state index contributed by atoms with van der Waals surface area (Å²) in [5, 5.41) is 12.1. The van der Waals surface area contributed by atoms with E-state index in [2.05, 4.69) is 26.0 Å². The first-order valence-electron chi connectivity index (χ1n) is 4.69. The zero-order chi connectivity index (χ0) is 11.7. The molecule has 1 unspecified atom stereocenters. The lowest BCUT2D eigenvalue weighted by Gasteiger charge is -2.13. The number of amides is 1. The fourth-order valence-electron chi connectivity index (χ4n) is 0.968. The van der Waals surface area contributed by atoms with E-state index in [-0.39, 0.29) is 5.91 Å². The van der Waals surface area contributed by atoms with E-state index in [9.17, 15) is 9.59 Å². The monoisotopic (exact) mass is 281 g/mol. The number of halogens is 1. The lowest BCUT2D eigenvalue weighted by molar-refractivity contribution is -0.146. The van der Waals surface area contributed by atoms with Gasteiger partial charge in [0.05, 0.1) is 13.7 Å². The molecule has 0 radical (unpaired) electrons.